The van der Waals surface area contributed by atoms with Gasteiger partial charge in [-0.1, -0.05) is 31.2 Å². The van der Waals surface area contributed by atoms with Crippen molar-refractivity contribution in [2.75, 3.05) is 13.7 Å². The van der Waals surface area contributed by atoms with E-state index >= 15 is 0 Å². The van der Waals surface area contributed by atoms with Gasteiger partial charge in [-0.2, -0.15) is 0 Å². The normalized spacial score (nSPS) is 12.2. The average Bonchev–Trinajstić information content (AvgIpc) is 2.47. The summed E-state index contributed by atoms with van der Waals surface area (Å²) in [6.45, 7) is 7.24. The Bertz CT molecular complexity index is 596. The summed E-state index contributed by atoms with van der Waals surface area (Å²) in [5.74, 6) is 0.935. The molecular formula is C18H24N2O. The van der Waals surface area contributed by atoms with Gasteiger partial charge in [-0.15, -0.1) is 0 Å². The van der Waals surface area contributed by atoms with Gasteiger partial charge in [-0.05, 0) is 49.6 Å². The van der Waals surface area contributed by atoms with E-state index in [2.05, 4.69) is 49.3 Å². The van der Waals surface area contributed by atoms with E-state index < -0.39 is 0 Å². The fourth-order valence-electron chi connectivity index (χ4n) is 2.69. The molecule has 0 bridgehead atoms. The van der Waals surface area contributed by atoms with Crippen molar-refractivity contribution in [1.29, 1.82) is 0 Å². The standard InChI is InChI=1S/C18H24N2O/c1-5-19-16(18-14(3)10-13(2)12-20-18)11-15-8-6-7-9-17(15)21-4/h6-10,12,16,19H,5,11H2,1-4H3. The number of aryl methyl sites for hydroxylation is 2. The third kappa shape index (κ3) is 3.82. The Labute approximate surface area is 127 Å². The smallest absolute Gasteiger partial charge is 0.122 e. The molecule has 0 amide bonds. The topological polar surface area (TPSA) is 34.1 Å². The lowest BCUT2D eigenvalue weighted by atomic mass is 9.98. The Morgan fingerprint density at radius 1 is 1.24 bits per heavy atom. The summed E-state index contributed by atoms with van der Waals surface area (Å²) < 4.78 is 5.46. The number of rotatable bonds is 6. The number of pyridine rings is 1. The van der Waals surface area contributed by atoms with Gasteiger partial charge in [0.15, 0.2) is 0 Å². The van der Waals surface area contributed by atoms with Crippen LogP contribution in [0.25, 0.3) is 0 Å². The van der Waals surface area contributed by atoms with Crippen LogP contribution in [0.5, 0.6) is 5.75 Å². The Kier molecular flexibility index (Phi) is 5.34. The first kappa shape index (κ1) is 15.5. The van der Waals surface area contributed by atoms with Crippen LogP contribution >= 0.6 is 0 Å². The summed E-state index contributed by atoms with van der Waals surface area (Å²) in [6, 6.07) is 10.6. The highest BCUT2D eigenvalue weighted by molar-refractivity contribution is 5.35. The lowest BCUT2D eigenvalue weighted by Crippen LogP contribution is -2.25. The molecule has 0 aliphatic heterocycles. The molecule has 1 heterocycles. The number of ether oxygens (including phenoxy) is 1. The Morgan fingerprint density at radius 2 is 2.00 bits per heavy atom. The first-order chi connectivity index (χ1) is 10.2. The van der Waals surface area contributed by atoms with Gasteiger partial charge in [0, 0.05) is 6.20 Å². The second-order valence-corrected chi connectivity index (χ2v) is 5.34. The lowest BCUT2D eigenvalue weighted by molar-refractivity contribution is 0.405. The fraction of sp³-hybridized carbons (Fsp3) is 0.389. The first-order valence-electron chi connectivity index (χ1n) is 7.44. The van der Waals surface area contributed by atoms with Crippen molar-refractivity contribution < 1.29 is 4.74 Å². The summed E-state index contributed by atoms with van der Waals surface area (Å²) in [5, 5.41) is 3.54. The number of nitrogens with zero attached hydrogens (tertiary/aromatic N) is 1. The maximum absolute atomic E-state index is 5.46. The minimum absolute atomic E-state index is 0.201. The fourth-order valence-corrected chi connectivity index (χ4v) is 2.69. The van der Waals surface area contributed by atoms with Gasteiger partial charge in [0.1, 0.15) is 5.75 Å². The number of para-hydroxylation sites is 1. The molecule has 0 spiro atoms. The van der Waals surface area contributed by atoms with Crippen molar-refractivity contribution in [2.24, 2.45) is 0 Å². The van der Waals surface area contributed by atoms with E-state index in [1.807, 2.05) is 18.3 Å². The Balaban J connectivity index is 2.30. The molecule has 2 aromatic rings. The van der Waals surface area contributed by atoms with Crippen molar-refractivity contribution in [3.63, 3.8) is 0 Å². The van der Waals surface area contributed by atoms with Gasteiger partial charge in [-0.3, -0.25) is 4.98 Å². The zero-order valence-electron chi connectivity index (χ0n) is 13.3. The number of methoxy groups -OCH3 is 1. The highest BCUT2D eigenvalue weighted by atomic mass is 16.5. The van der Waals surface area contributed by atoms with Crippen LogP contribution in [0.4, 0.5) is 0 Å². The molecule has 0 fully saturated rings. The Morgan fingerprint density at radius 3 is 2.67 bits per heavy atom. The highest BCUT2D eigenvalue weighted by Gasteiger charge is 2.17. The van der Waals surface area contributed by atoms with E-state index in [0.29, 0.717) is 0 Å². The van der Waals surface area contributed by atoms with Gasteiger partial charge in [0.05, 0.1) is 18.8 Å². The van der Waals surface area contributed by atoms with Crippen LogP contribution < -0.4 is 10.1 Å². The van der Waals surface area contributed by atoms with Crippen LogP contribution in [0.1, 0.15) is 35.3 Å². The average molecular weight is 284 g/mol. The molecule has 0 aliphatic rings. The maximum atomic E-state index is 5.46. The molecule has 21 heavy (non-hydrogen) atoms. The molecule has 1 aromatic heterocycles. The van der Waals surface area contributed by atoms with Gasteiger partial charge in [0.2, 0.25) is 0 Å². The monoisotopic (exact) mass is 284 g/mol. The quantitative estimate of drug-likeness (QED) is 0.880. The van der Waals surface area contributed by atoms with E-state index in [4.69, 9.17) is 4.74 Å². The first-order valence-corrected chi connectivity index (χ1v) is 7.44. The van der Waals surface area contributed by atoms with E-state index in [-0.39, 0.29) is 6.04 Å². The summed E-state index contributed by atoms with van der Waals surface area (Å²) >= 11 is 0. The van der Waals surface area contributed by atoms with Crippen molar-refractivity contribution in [2.45, 2.75) is 33.2 Å². The molecule has 0 radical (unpaired) electrons. The molecule has 1 aromatic carbocycles. The maximum Gasteiger partial charge on any atom is 0.122 e. The van der Waals surface area contributed by atoms with E-state index in [0.717, 1.165) is 24.4 Å². The highest BCUT2D eigenvalue weighted by Crippen LogP contribution is 2.25. The molecule has 2 rings (SSSR count). The number of aromatic nitrogens is 1. The second kappa shape index (κ2) is 7.23. The van der Waals surface area contributed by atoms with Crippen molar-refractivity contribution in [3.8, 4) is 5.75 Å². The largest absolute Gasteiger partial charge is 0.496 e. The zero-order chi connectivity index (χ0) is 15.2. The van der Waals surface area contributed by atoms with Crippen LogP contribution in [-0.2, 0) is 6.42 Å². The van der Waals surface area contributed by atoms with Gasteiger partial charge in [-0.25, -0.2) is 0 Å². The van der Waals surface area contributed by atoms with Gasteiger partial charge in [0.25, 0.3) is 0 Å². The minimum Gasteiger partial charge on any atom is -0.496 e. The summed E-state index contributed by atoms with van der Waals surface area (Å²) in [4.78, 5) is 4.65. The SMILES string of the molecule is CCNC(Cc1ccccc1OC)c1ncc(C)cc1C. The second-order valence-electron chi connectivity index (χ2n) is 5.34. The molecule has 112 valence electrons. The van der Waals surface area contributed by atoms with Gasteiger partial charge >= 0.3 is 0 Å². The summed E-state index contributed by atoms with van der Waals surface area (Å²) in [6.07, 6.45) is 2.81. The van der Waals surface area contributed by atoms with Crippen LogP contribution in [-0.4, -0.2) is 18.6 Å². The molecule has 0 saturated heterocycles. The lowest BCUT2D eigenvalue weighted by Gasteiger charge is -2.21. The molecule has 3 nitrogen and oxygen atoms in total. The predicted octanol–water partition coefficient (Wildman–Crippen LogP) is 3.60. The van der Waals surface area contributed by atoms with Gasteiger partial charge < -0.3 is 10.1 Å². The van der Waals surface area contributed by atoms with E-state index in [9.17, 15) is 0 Å². The molecule has 1 N–H and O–H groups in total. The molecule has 3 heteroatoms. The van der Waals surface area contributed by atoms with Crippen molar-refractivity contribution in [3.05, 3.63) is 58.9 Å². The van der Waals surface area contributed by atoms with Crippen LogP contribution in [0.15, 0.2) is 36.5 Å². The number of likely N-dealkylation sites (N-methyl/N-ethyl adjacent to an activating group) is 1. The number of benzene rings is 1. The summed E-state index contributed by atoms with van der Waals surface area (Å²) in [7, 11) is 1.72. The van der Waals surface area contributed by atoms with Crippen molar-refractivity contribution in [1.82, 2.24) is 10.3 Å². The molecule has 0 aliphatic carbocycles. The number of nitrogens with one attached hydrogen (secondary N) is 1. The van der Waals surface area contributed by atoms with E-state index in [1.54, 1.807) is 7.11 Å². The minimum atomic E-state index is 0.201. The molecular weight excluding hydrogens is 260 g/mol. The van der Waals surface area contributed by atoms with Crippen LogP contribution in [0.2, 0.25) is 0 Å². The van der Waals surface area contributed by atoms with Crippen LogP contribution in [0.3, 0.4) is 0 Å². The third-order valence-electron chi connectivity index (χ3n) is 3.65. The Hall–Kier alpha value is -1.87. The van der Waals surface area contributed by atoms with Crippen molar-refractivity contribution >= 4 is 0 Å². The number of hydrogen-bond donors (Lipinski definition) is 1. The molecule has 1 unspecified atom stereocenters. The molecule has 0 saturated carbocycles. The third-order valence-corrected chi connectivity index (χ3v) is 3.65. The zero-order valence-corrected chi connectivity index (χ0v) is 13.3. The predicted molar refractivity (Wildman–Crippen MR) is 86.8 cm³/mol. The number of hydrogen-bond acceptors (Lipinski definition) is 3. The summed E-state index contributed by atoms with van der Waals surface area (Å²) in [5.41, 5.74) is 4.75. The van der Waals surface area contributed by atoms with Crippen LogP contribution in [0, 0.1) is 13.8 Å². The van der Waals surface area contributed by atoms with E-state index in [1.165, 1.54) is 16.7 Å². The molecule has 1 atom stereocenters.